The van der Waals surface area contributed by atoms with Gasteiger partial charge in [-0.15, -0.1) is 23.2 Å². The first kappa shape index (κ1) is 19.2. The van der Waals surface area contributed by atoms with Gasteiger partial charge in [0.2, 0.25) is 0 Å². The molecule has 0 saturated carbocycles. The Morgan fingerprint density at radius 3 is 2.64 bits per heavy atom. The van der Waals surface area contributed by atoms with Crippen LogP contribution in [0.4, 0.5) is 5.69 Å². The second-order valence-electron chi connectivity index (χ2n) is 5.35. The molecule has 7 heteroatoms. The van der Waals surface area contributed by atoms with Crippen molar-refractivity contribution in [1.29, 1.82) is 0 Å². The second-order valence-corrected chi connectivity index (χ2v) is 6.10. The first-order valence-corrected chi connectivity index (χ1v) is 8.93. The molecule has 1 aromatic heterocycles. The number of carbonyl (C=O) groups excluding carboxylic acids is 1. The van der Waals surface area contributed by atoms with Crippen LogP contribution in [-0.2, 0) is 0 Å². The third-order valence-corrected chi connectivity index (χ3v) is 3.96. The number of rotatable bonds is 8. The Kier molecular flexibility index (Phi) is 7.70. The molecular weight excluding hydrogens is 359 g/mol. The van der Waals surface area contributed by atoms with Crippen LogP contribution in [0.25, 0.3) is 0 Å². The van der Waals surface area contributed by atoms with E-state index >= 15 is 0 Å². The molecular formula is C18H20Cl2N4O. The fourth-order valence-corrected chi connectivity index (χ4v) is 2.71. The van der Waals surface area contributed by atoms with Gasteiger partial charge in [-0.05, 0) is 42.3 Å². The third-order valence-electron chi connectivity index (χ3n) is 3.62. The molecule has 0 radical (unpaired) electrons. The van der Waals surface area contributed by atoms with Gasteiger partial charge >= 0.3 is 0 Å². The van der Waals surface area contributed by atoms with Crippen LogP contribution < -0.4 is 10.3 Å². The summed E-state index contributed by atoms with van der Waals surface area (Å²) in [5.74, 6) is 0.785. The van der Waals surface area contributed by atoms with E-state index in [0.717, 1.165) is 29.9 Å². The summed E-state index contributed by atoms with van der Waals surface area (Å²) in [6.45, 7) is 3.47. The van der Waals surface area contributed by atoms with Crippen molar-refractivity contribution in [2.75, 3.05) is 29.7 Å². The van der Waals surface area contributed by atoms with E-state index in [1.165, 1.54) is 6.20 Å². The average Bonchev–Trinajstić information content (AvgIpc) is 2.63. The van der Waals surface area contributed by atoms with E-state index in [1.54, 1.807) is 24.5 Å². The van der Waals surface area contributed by atoms with Crippen molar-refractivity contribution in [3.05, 3.63) is 59.4 Å². The number of nitrogens with zero attached hydrogens (tertiary/aromatic N) is 3. The number of halogens is 2. The van der Waals surface area contributed by atoms with E-state index in [0.29, 0.717) is 17.3 Å². The zero-order valence-electron chi connectivity index (χ0n) is 14.0. The summed E-state index contributed by atoms with van der Waals surface area (Å²) in [5.41, 5.74) is 6.00. The Bertz CT molecular complexity index is 716. The van der Waals surface area contributed by atoms with Gasteiger partial charge in [-0.3, -0.25) is 9.78 Å². The van der Waals surface area contributed by atoms with Gasteiger partial charge in [-0.2, -0.15) is 5.10 Å². The molecule has 0 unspecified atom stereocenters. The largest absolute Gasteiger partial charge is 0.369 e. The normalized spacial score (nSPS) is 10.8. The maximum Gasteiger partial charge on any atom is 0.272 e. The van der Waals surface area contributed by atoms with Crippen molar-refractivity contribution < 1.29 is 4.79 Å². The van der Waals surface area contributed by atoms with Crippen LogP contribution in [0.5, 0.6) is 0 Å². The van der Waals surface area contributed by atoms with E-state index < -0.39 is 0 Å². The molecule has 1 N–H and O–H groups in total. The molecule has 0 aliphatic heterocycles. The lowest BCUT2D eigenvalue weighted by Crippen LogP contribution is -2.27. The first-order valence-electron chi connectivity index (χ1n) is 7.86. The van der Waals surface area contributed by atoms with E-state index in [-0.39, 0.29) is 5.91 Å². The highest BCUT2D eigenvalue weighted by Gasteiger charge is 2.07. The van der Waals surface area contributed by atoms with Gasteiger partial charge in [-0.25, -0.2) is 5.43 Å². The van der Waals surface area contributed by atoms with Crippen molar-refractivity contribution >= 4 is 41.0 Å². The standard InChI is InChI=1S/C18H20Cl2N4O/c1-14-11-17(24(9-6-19)10-7-20)5-4-15(14)13-22-23-18(25)16-3-2-8-21-12-16/h2-5,8,11-13H,6-7,9-10H2,1H3,(H,23,25). The lowest BCUT2D eigenvalue weighted by atomic mass is 10.1. The SMILES string of the molecule is Cc1cc(N(CCCl)CCCl)ccc1C=NNC(=O)c1cccnc1. The number of hydrogen-bond donors (Lipinski definition) is 1. The summed E-state index contributed by atoms with van der Waals surface area (Å²) in [6.07, 6.45) is 4.73. The predicted octanol–water partition coefficient (Wildman–Crippen LogP) is 3.44. The summed E-state index contributed by atoms with van der Waals surface area (Å²) in [7, 11) is 0. The molecule has 1 aromatic carbocycles. The summed E-state index contributed by atoms with van der Waals surface area (Å²) in [6, 6.07) is 9.40. The number of hydrogen-bond acceptors (Lipinski definition) is 4. The van der Waals surface area contributed by atoms with Gasteiger partial charge in [0, 0.05) is 42.9 Å². The highest BCUT2D eigenvalue weighted by atomic mass is 35.5. The summed E-state index contributed by atoms with van der Waals surface area (Å²) in [4.78, 5) is 18.0. The lowest BCUT2D eigenvalue weighted by Gasteiger charge is -2.23. The quantitative estimate of drug-likeness (QED) is 0.434. The smallest absolute Gasteiger partial charge is 0.272 e. The van der Waals surface area contributed by atoms with Gasteiger partial charge in [-0.1, -0.05) is 6.07 Å². The zero-order valence-corrected chi connectivity index (χ0v) is 15.5. The maximum absolute atomic E-state index is 11.9. The number of alkyl halides is 2. The summed E-state index contributed by atoms with van der Waals surface area (Å²) in [5, 5.41) is 4.02. The molecule has 1 heterocycles. The fourth-order valence-electron chi connectivity index (χ4n) is 2.30. The Morgan fingerprint density at radius 2 is 2.04 bits per heavy atom. The van der Waals surface area contributed by atoms with Crippen LogP contribution in [0.1, 0.15) is 21.5 Å². The molecule has 0 saturated heterocycles. The van der Waals surface area contributed by atoms with Crippen LogP contribution in [0.3, 0.4) is 0 Å². The van der Waals surface area contributed by atoms with Crippen LogP contribution in [0.2, 0.25) is 0 Å². The molecule has 2 aromatic rings. The van der Waals surface area contributed by atoms with Crippen molar-refractivity contribution in [2.24, 2.45) is 5.10 Å². The molecule has 0 spiro atoms. The molecule has 0 aliphatic carbocycles. The predicted molar refractivity (Wildman–Crippen MR) is 104 cm³/mol. The number of anilines is 1. The minimum absolute atomic E-state index is 0.297. The van der Waals surface area contributed by atoms with Crippen LogP contribution >= 0.6 is 23.2 Å². The molecule has 25 heavy (non-hydrogen) atoms. The monoisotopic (exact) mass is 378 g/mol. The van der Waals surface area contributed by atoms with E-state index in [9.17, 15) is 4.79 Å². The number of amides is 1. The minimum atomic E-state index is -0.297. The molecule has 0 fully saturated rings. The van der Waals surface area contributed by atoms with Crippen LogP contribution in [0, 0.1) is 6.92 Å². The van der Waals surface area contributed by atoms with Gasteiger partial charge in [0.25, 0.3) is 5.91 Å². The molecule has 0 atom stereocenters. The average molecular weight is 379 g/mol. The van der Waals surface area contributed by atoms with Crippen molar-refractivity contribution in [2.45, 2.75) is 6.92 Å². The first-order chi connectivity index (χ1) is 12.2. The zero-order chi connectivity index (χ0) is 18.1. The van der Waals surface area contributed by atoms with E-state index in [1.807, 2.05) is 19.1 Å². The Balaban J connectivity index is 2.04. The van der Waals surface area contributed by atoms with Gasteiger partial charge < -0.3 is 4.90 Å². The number of benzene rings is 1. The molecule has 1 amide bonds. The second kappa shape index (κ2) is 10.0. The number of nitrogens with one attached hydrogen (secondary N) is 1. The molecule has 132 valence electrons. The molecule has 0 bridgehead atoms. The van der Waals surface area contributed by atoms with Gasteiger partial charge in [0.05, 0.1) is 11.8 Å². The Labute approximate surface area is 157 Å². The highest BCUT2D eigenvalue weighted by molar-refractivity contribution is 6.18. The maximum atomic E-state index is 11.9. The summed E-state index contributed by atoms with van der Waals surface area (Å²) >= 11 is 11.7. The molecule has 2 rings (SSSR count). The van der Waals surface area contributed by atoms with Gasteiger partial charge in [0.15, 0.2) is 0 Å². The summed E-state index contributed by atoms with van der Waals surface area (Å²) < 4.78 is 0. The number of aromatic nitrogens is 1. The molecule has 5 nitrogen and oxygen atoms in total. The number of hydrazone groups is 1. The Hall–Kier alpha value is -2.11. The number of pyridine rings is 1. The van der Waals surface area contributed by atoms with E-state index in [4.69, 9.17) is 23.2 Å². The van der Waals surface area contributed by atoms with Gasteiger partial charge in [0.1, 0.15) is 0 Å². The van der Waals surface area contributed by atoms with Crippen LogP contribution in [0.15, 0.2) is 47.8 Å². The van der Waals surface area contributed by atoms with E-state index in [2.05, 4.69) is 26.5 Å². The topological polar surface area (TPSA) is 57.6 Å². The fraction of sp³-hybridized carbons (Fsp3) is 0.278. The minimum Gasteiger partial charge on any atom is -0.369 e. The number of aryl methyl sites for hydroxylation is 1. The molecule has 0 aliphatic rings. The van der Waals surface area contributed by atoms with Crippen molar-refractivity contribution in [3.8, 4) is 0 Å². The van der Waals surface area contributed by atoms with Crippen molar-refractivity contribution in [3.63, 3.8) is 0 Å². The van der Waals surface area contributed by atoms with Crippen LogP contribution in [-0.4, -0.2) is 42.0 Å². The lowest BCUT2D eigenvalue weighted by molar-refractivity contribution is 0.0955. The highest BCUT2D eigenvalue weighted by Crippen LogP contribution is 2.18. The Morgan fingerprint density at radius 1 is 1.28 bits per heavy atom. The van der Waals surface area contributed by atoms with Crippen molar-refractivity contribution in [1.82, 2.24) is 10.4 Å². The third kappa shape index (κ3) is 5.73. The number of carbonyl (C=O) groups is 1.